The summed E-state index contributed by atoms with van der Waals surface area (Å²) in [5, 5.41) is 9.13. The fraction of sp³-hybridized carbons (Fsp3) is 0.562. The van der Waals surface area contributed by atoms with Gasteiger partial charge in [-0.25, -0.2) is 0 Å². The number of carboxylic acids is 1. The SMILES string of the molecule is CCC(Cc1ccc(OC)cc1OC)CC(CN)C(=O)O. The lowest BCUT2D eigenvalue weighted by Crippen LogP contribution is -2.26. The maximum absolute atomic E-state index is 11.1. The molecular weight excluding hydrogens is 270 g/mol. The second-order valence-electron chi connectivity index (χ2n) is 5.16. The monoisotopic (exact) mass is 295 g/mol. The summed E-state index contributed by atoms with van der Waals surface area (Å²) in [7, 11) is 3.24. The van der Waals surface area contributed by atoms with Crippen molar-refractivity contribution in [2.75, 3.05) is 20.8 Å². The molecule has 3 N–H and O–H groups in total. The van der Waals surface area contributed by atoms with Crippen LogP contribution in [0, 0.1) is 11.8 Å². The number of aliphatic carboxylic acids is 1. The normalized spacial score (nSPS) is 13.5. The summed E-state index contributed by atoms with van der Waals surface area (Å²) in [6.45, 7) is 2.24. The van der Waals surface area contributed by atoms with Crippen molar-refractivity contribution < 1.29 is 19.4 Å². The molecular formula is C16H25NO4. The molecule has 0 heterocycles. The number of ether oxygens (including phenoxy) is 2. The van der Waals surface area contributed by atoms with Gasteiger partial charge in [-0.1, -0.05) is 19.4 Å². The Morgan fingerprint density at radius 1 is 1.33 bits per heavy atom. The van der Waals surface area contributed by atoms with E-state index in [1.165, 1.54) is 0 Å². The van der Waals surface area contributed by atoms with Gasteiger partial charge in [0.1, 0.15) is 11.5 Å². The van der Waals surface area contributed by atoms with Crippen molar-refractivity contribution in [1.29, 1.82) is 0 Å². The van der Waals surface area contributed by atoms with Gasteiger partial charge in [-0.05, 0) is 30.4 Å². The van der Waals surface area contributed by atoms with Crippen molar-refractivity contribution >= 4 is 5.97 Å². The highest BCUT2D eigenvalue weighted by atomic mass is 16.5. The average molecular weight is 295 g/mol. The minimum Gasteiger partial charge on any atom is -0.497 e. The molecule has 1 aromatic rings. The molecule has 0 fully saturated rings. The molecule has 1 rings (SSSR count). The van der Waals surface area contributed by atoms with Gasteiger partial charge in [-0.3, -0.25) is 4.79 Å². The van der Waals surface area contributed by atoms with E-state index in [-0.39, 0.29) is 12.5 Å². The molecule has 5 heteroatoms. The number of benzene rings is 1. The standard InChI is InChI=1S/C16H25NO4/c1-4-11(8-13(10-17)16(18)19)7-12-5-6-14(20-2)9-15(12)21-3/h5-6,9,11,13H,4,7-8,10,17H2,1-3H3,(H,18,19). The van der Waals surface area contributed by atoms with E-state index in [0.717, 1.165) is 29.9 Å². The molecule has 0 amide bonds. The maximum Gasteiger partial charge on any atom is 0.307 e. The summed E-state index contributed by atoms with van der Waals surface area (Å²) in [5.41, 5.74) is 6.60. The first-order chi connectivity index (χ1) is 10.0. The Balaban J connectivity index is 2.83. The van der Waals surface area contributed by atoms with E-state index in [9.17, 15) is 4.79 Å². The Morgan fingerprint density at radius 2 is 2.05 bits per heavy atom. The lowest BCUT2D eigenvalue weighted by atomic mass is 9.87. The number of hydrogen-bond donors (Lipinski definition) is 2. The second kappa shape index (κ2) is 8.52. The lowest BCUT2D eigenvalue weighted by Gasteiger charge is -2.20. The molecule has 0 spiro atoms. The molecule has 21 heavy (non-hydrogen) atoms. The number of nitrogens with two attached hydrogens (primary N) is 1. The Bertz CT molecular complexity index is 462. The van der Waals surface area contributed by atoms with E-state index >= 15 is 0 Å². The van der Waals surface area contributed by atoms with Gasteiger partial charge in [0.2, 0.25) is 0 Å². The summed E-state index contributed by atoms with van der Waals surface area (Å²) in [4.78, 5) is 11.1. The van der Waals surface area contributed by atoms with Crippen LogP contribution in [-0.2, 0) is 11.2 Å². The van der Waals surface area contributed by atoms with Crippen LogP contribution in [0.3, 0.4) is 0 Å². The molecule has 2 unspecified atom stereocenters. The molecule has 2 atom stereocenters. The first kappa shape index (κ1) is 17.3. The van der Waals surface area contributed by atoms with Crippen molar-refractivity contribution in [2.45, 2.75) is 26.2 Å². The van der Waals surface area contributed by atoms with Crippen molar-refractivity contribution in [3.05, 3.63) is 23.8 Å². The molecule has 0 saturated carbocycles. The molecule has 0 aliphatic carbocycles. The zero-order valence-corrected chi connectivity index (χ0v) is 13.0. The van der Waals surface area contributed by atoms with Crippen LogP contribution in [0.5, 0.6) is 11.5 Å². The second-order valence-corrected chi connectivity index (χ2v) is 5.16. The smallest absolute Gasteiger partial charge is 0.307 e. The quantitative estimate of drug-likeness (QED) is 0.730. The predicted octanol–water partition coefficient (Wildman–Crippen LogP) is 2.32. The Morgan fingerprint density at radius 3 is 2.52 bits per heavy atom. The van der Waals surface area contributed by atoms with Gasteiger partial charge < -0.3 is 20.3 Å². The number of methoxy groups -OCH3 is 2. The summed E-state index contributed by atoms with van der Waals surface area (Å²) in [6.07, 6.45) is 2.25. The predicted molar refractivity (Wildman–Crippen MR) is 81.8 cm³/mol. The highest BCUT2D eigenvalue weighted by Gasteiger charge is 2.21. The Labute approximate surface area is 126 Å². The van der Waals surface area contributed by atoms with Crippen molar-refractivity contribution in [3.63, 3.8) is 0 Å². The van der Waals surface area contributed by atoms with Gasteiger partial charge in [0, 0.05) is 12.6 Å². The van der Waals surface area contributed by atoms with E-state index in [1.807, 2.05) is 18.2 Å². The van der Waals surface area contributed by atoms with Crippen molar-refractivity contribution in [1.82, 2.24) is 0 Å². The largest absolute Gasteiger partial charge is 0.497 e. The lowest BCUT2D eigenvalue weighted by molar-refractivity contribution is -0.142. The zero-order chi connectivity index (χ0) is 15.8. The van der Waals surface area contributed by atoms with Crippen LogP contribution in [0.4, 0.5) is 0 Å². The topological polar surface area (TPSA) is 81.8 Å². The van der Waals surface area contributed by atoms with Gasteiger partial charge in [-0.15, -0.1) is 0 Å². The Kier molecular flexibility index (Phi) is 7.02. The van der Waals surface area contributed by atoms with E-state index in [1.54, 1.807) is 14.2 Å². The van der Waals surface area contributed by atoms with E-state index in [0.29, 0.717) is 6.42 Å². The summed E-state index contributed by atoms with van der Waals surface area (Å²) in [5.74, 6) is 0.468. The third kappa shape index (κ3) is 4.93. The molecule has 0 saturated heterocycles. The van der Waals surface area contributed by atoms with Crippen molar-refractivity contribution in [3.8, 4) is 11.5 Å². The highest BCUT2D eigenvalue weighted by Crippen LogP contribution is 2.29. The summed E-state index contributed by atoms with van der Waals surface area (Å²) in [6, 6.07) is 5.71. The van der Waals surface area contributed by atoms with Gasteiger partial charge in [0.05, 0.1) is 20.1 Å². The minimum absolute atomic E-state index is 0.172. The average Bonchev–Trinajstić information content (AvgIpc) is 2.50. The number of hydrogen-bond acceptors (Lipinski definition) is 4. The molecule has 5 nitrogen and oxygen atoms in total. The number of carboxylic acid groups (broad SMARTS) is 1. The van der Waals surface area contributed by atoms with Crippen LogP contribution < -0.4 is 15.2 Å². The molecule has 0 radical (unpaired) electrons. The van der Waals surface area contributed by atoms with Crippen LogP contribution in [0.25, 0.3) is 0 Å². The van der Waals surface area contributed by atoms with Gasteiger partial charge >= 0.3 is 5.97 Å². The molecule has 118 valence electrons. The molecule has 0 bridgehead atoms. The molecule has 0 aromatic heterocycles. The van der Waals surface area contributed by atoms with Gasteiger partial charge in [-0.2, -0.15) is 0 Å². The molecule has 0 aliphatic rings. The number of rotatable bonds is 9. The number of carbonyl (C=O) groups is 1. The third-order valence-electron chi connectivity index (χ3n) is 3.83. The minimum atomic E-state index is -0.822. The van der Waals surface area contributed by atoms with E-state index in [2.05, 4.69) is 6.92 Å². The van der Waals surface area contributed by atoms with Crippen LogP contribution in [0.2, 0.25) is 0 Å². The Hall–Kier alpha value is -1.75. The fourth-order valence-corrected chi connectivity index (χ4v) is 2.43. The van der Waals surface area contributed by atoms with E-state index in [4.69, 9.17) is 20.3 Å². The van der Waals surface area contributed by atoms with Crippen molar-refractivity contribution in [2.24, 2.45) is 17.6 Å². The van der Waals surface area contributed by atoms with Crippen LogP contribution in [0.15, 0.2) is 18.2 Å². The third-order valence-corrected chi connectivity index (χ3v) is 3.83. The fourth-order valence-electron chi connectivity index (χ4n) is 2.43. The van der Waals surface area contributed by atoms with Crippen LogP contribution in [-0.4, -0.2) is 31.8 Å². The van der Waals surface area contributed by atoms with Crippen LogP contribution in [0.1, 0.15) is 25.3 Å². The zero-order valence-electron chi connectivity index (χ0n) is 13.0. The van der Waals surface area contributed by atoms with Gasteiger partial charge in [0.15, 0.2) is 0 Å². The summed E-state index contributed by atoms with van der Waals surface area (Å²) >= 11 is 0. The first-order valence-electron chi connectivity index (χ1n) is 7.19. The first-order valence-corrected chi connectivity index (χ1v) is 7.19. The molecule has 0 aliphatic heterocycles. The molecule has 1 aromatic carbocycles. The van der Waals surface area contributed by atoms with Gasteiger partial charge in [0.25, 0.3) is 0 Å². The maximum atomic E-state index is 11.1. The van der Waals surface area contributed by atoms with E-state index < -0.39 is 11.9 Å². The van der Waals surface area contributed by atoms with Crippen LogP contribution >= 0.6 is 0 Å². The highest BCUT2D eigenvalue weighted by molar-refractivity contribution is 5.70. The summed E-state index contributed by atoms with van der Waals surface area (Å²) < 4.78 is 10.6.